The molecule has 0 aliphatic heterocycles. The monoisotopic (exact) mass is 670 g/mol. The van der Waals surface area contributed by atoms with Gasteiger partial charge in [0.1, 0.15) is 23.7 Å². The smallest absolute Gasteiger partial charge is 0.323 e. The van der Waals surface area contributed by atoms with Gasteiger partial charge in [-0.25, -0.2) is 4.98 Å². The molecule has 46 heavy (non-hydrogen) atoms. The van der Waals surface area contributed by atoms with Crippen LogP contribution >= 0.6 is 22.9 Å². The second-order valence-electron chi connectivity index (χ2n) is 11.5. The molecule has 1 saturated carbocycles. The number of aliphatic hydroxyl groups excluding tert-OH is 1. The van der Waals surface area contributed by atoms with E-state index in [0.29, 0.717) is 34.1 Å². The van der Waals surface area contributed by atoms with E-state index < -0.39 is 11.9 Å². The van der Waals surface area contributed by atoms with E-state index in [4.69, 9.17) is 36.9 Å². The Balaban J connectivity index is 0.00000113. The van der Waals surface area contributed by atoms with Gasteiger partial charge in [-0.2, -0.15) is 0 Å². The molecule has 0 atom stereocenters. The molecule has 4 aromatic rings. The maximum Gasteiger partial charge on any atom is 0.323 e. The molecule has 0 saturated heterocycles. The number of benzene rings is 2. The number of aliphatic carboxylic acids is 1. The summed E-state index contributed by atoms with van der Waals surface area (Å²) in [4.78, 5) is 31.4. The van der Waals surface area contributed by atoms with Crippen molar-refractivity contribution >= 4 is 50.8 Å². The molecule has 5 rings (SSSR count). The Morgan fingerprint density at radius 3 is 2.41 bits per heavy atom. The third-order valence-corrected chi connectivity index (χ3v) is 9.46. The Hall–Kier alpha value is -3.64. The van der Waals surface area contributed by atoms with Crippen molar-refractivity contribution in [1.29, 1.82) is 0 Å². The molecule has 5 N–H and O–H groups in total. The van der Waals surface area contributed by atoms with Crippen molar-refractivity contribution in [2.24, 2.45) is 11.7 Å². The average Bonchev–Trinajstić information content (AvgIpc) is 3.60. The molecule has 0 radical (unpaired) electrons. The summed E-state index contributed by atoms with van der Waals surface area (Å²) < 4.78 is 12.7. The quantitative estimate of drug-likeness (QED) is 0.136. The fourth-order valence-electron chi connectivity index (χ4n) is 6.11. The highest BCUT2D eigenvalue weighted by Gasteiger charge is 2.24. The number of rotatable bonds is 11. The number of amides is 1. The number of carboxylic acids is 1. The number of aryl methyl sites for hydroxylation is 3. The number of nitrogens with one attached hydrogen (secondary N) is 1. The first-order chi connectivity index (χ1) is 22.1. The number of hydrogen-bond acceptors (Lipinski definition) is 8. The van der Waals surface area contributed by atoms with E-state index in [1.54, 1.807) is 30.9 Å². The number of fused-ring (bicyclic) bond motifs is 1. The van der Waals surface area contributed by atoms with Crippen molar-refractivity contribution in [1.82, 2.24) is 9.55 Å². The lowest BCUT2D eigenvalue weighted by Crippen LogP contribution is -2.20. The average molecular weight is 671 g/mol. The standard InChI is InChI=1S/C32H36ClN3O5S.C2H7NO/c1-18-12-19(2)30-21(13-18)14-24(36(30)17-28(37)38)31(39)35-32-34-29(22-15-26(41-4)23(33)16-25(22)40-3)27(42-32)11-10-20-8-6-5-7-9-20;3-1-2-4/h12-16,20H,5-11,17H2,1-4H3,(H,37,38)(H,34,35,39);4H,1-3H2. The van der Waals surface area contributed by atoms with Crippen molar-refractivity contribution in [3.8, 4) is 22.8 Å². The number of nitrogens with zero attached hydrogens (tertiary/aromatic N) is 2. The van der Waals surface area contributed by atoms with Crippen LogP contribution in [0.15, 0.2) is 30.3 Å². The molecule has 2 aromatic carbocycles. The number of thiazole rings is 1. The second kappa shape index (κ2) is 16.3. The number of hydrogen-bond donors (Lipinski definition) is 4. The van der Waals surface area contributed by atoms with Crippen molar-refractivity contribution in [3.05, 3.63) is 57.1 Å². The molecule has 2 aromatic heterocycles. The van der Waals surface area contributed by atoms with E-state index in [1.807, 2.05) is 32.0 Å². The molecule has 0 spiro atoms. The SMILES string of the molecule is COc1cc(-c2nc(NC(=O)c3cc4cc(C)cc(C)c4n3CC(=O)O)sc2CCC2CCCCC2)c(OC)cc1Cl.NCCO. The van der Waals surface area contributed by atoms with E-state index in [2.05, 4.69) is 5.32 Å². The second-order valence-corrected chi connectivity index (χ2v) is 13.0. The fourth-order valence-corrected chi connectivity index (χ4v) is 7.32. The molecular weight excluding hydrogens is 628 g/mol. The van der Waals surface area contributed by atoms with Crippen LogP contribution in [0.3, 0.4) is 0 Å². The number of nitrogens with two attached hydrogens (primary N) is 1. The van der Waals surface area contributed by atoms with Crippen LogP contribution in [-0.2, 0) is 17.8 Å². The van der Waals surface area contributed by atoms with Crippen LogP contribution in [0, 0.1) is 19.8 Å². The number of carbonyl (C=O) groups excluding carboxylic acids is 1. The van der Waals surface area contributed by atoms with Crippen molar-refractivity contribution in [3.63, 3.8) is 0 Å². The number of aliphatic hydroxyl groups is 1. The molecule has 0 bridgehead atoms. The van der Waals surface area contributed by atoms with Gasteiger partial charge in [-0.1, -0.05) is 55.3 Å². The number of ether oxygens (including phenoxy) is 2. The van der Waals surface area contributed by atoms with Gasteiger partial charge in [0.25, 0.3) is 5.91 Å². The van der Waals surface area contributed by atoms with Gasteiger partial charge in [0.2, 0.25) is 0 Å². The topological polar surface area (TPSA) is 149 Å². The minimum atomic E-state index is -1.02. The maximum absolute atomic E-state index is 13.7. The van der Waals surface area contributed by atoms with Crippen LogP contribution in [0.4, 0.5) is 5.13 Å². The highest BCUT2D eigenvalue weighted by molar-refractivity contribution is 7.16. The Bertz CT molecular complexity index is 1680. The third kappa shape index (κ3) is 8.38. The summed E-state index contributed by atoms with van der Waals surface area (Å²) >= 11 is 7.83. The van der Waals surface area contributed by atoms with E-state index >= 15 is 0 Å². The van der Waals surface area contributed by atoms with Gasteiger partial charge in [0.05, 0.1) is 37.1 Å². The Morgan fingerprint density at radius 1 is 1.09 bits per heavy atom. The van der Waals surface area contributed by atoms with E-state index in [0.717, 1.165) is 51.0 Å². The van der Waals surface area contributed by atoms with Gasteiger partial charge in [-0.15, -0.1) is 11.3 Å². The van der Waals surface area contributed by atoms with Gasteiger partial charge in [0, 0.05) is 28.4 Å². The van der Waals surface area contributed by atoms with Crippen LogP contribution in [-0.4, -0.2) is 59.0 Å². The lowest BCUT2D eigenvalue weighted by molar-refractivity contribution is -0.137. The summed E-state index contributed by atoms with van der Waals surface area (Å²) in [5, 5.41) is 22.0. The van der Waals surface area contributed by atoms with Gasteiger partial charge in [0.15, 0.2) is 5.13 Å². The van der Waals surface area contributed by atoms with Gasteiger partial charge in [-0.3, -0.25) is 14.9 Å². The van der Waals surface area contributed by atoms with Crippen LogP contribution in [0.2, 0.25) is 5.02 Å². The van der Waals surface area contributed by atoms with Crippen molar-refractivity contribution in [2.75, 3.05) is 32.7 Å². The molecule has 0 unspecified atom stereocenters. The minimum absolute atomic E-state index is 0.0972. The first-order valence-corrected chi connectivity index (χ1v) is 16.7. The normalized spacial score (nSPS) is 13.3. The number of carboxylic acid groups (broad SMARTS) is 1. The van der Waals surface area contributed by atoms with Crippen LogP contribution in [0.25, 0.3) is 22.2 Å². The zero-order valence-electron chi connectivity index (χ0n) is 26.8. The molecular formula is C34H43ClN4O6S. The van der Waals surface area contributed by atoms with Gasteiger partial charge >= 0.3 is 5.97 Å². The first kappa shape index (κ1) is 35.2. The highest BCUT2D eigenvalue weighted by Crippen LogP contribution is 2.43. The summed E-state index contributed by atoms with van der Waals surface area (Å²) in [6, 6.07) is 9.23. The maximum atomic E-state index is 13.7. The molecule has 10 nitrogen and oxygen atoms in total. The fraction of sp³-hybridized carbons (Fsp3) is 0.441. The Labute approximate surface area is 278 Å². The predicted molar refractivity (Wildman–Crippen MR) is 184 cm³/mol. The summed E-state index contributed by atoms with van der Waals surface area (Å²) in [7, 11) is 3.15. The van der Waals surface area contributed by atoms with E-state index in [1.165, 1.54) is 43.4 Å². The summed E-state index contributed by atoms with van der Waals surface area (Å²) in [5.74, 6) is 0.311. The van der Waals surface area contributed by atoms with Crippen LogP contribution in [0.5, 0.6) is 11.5 Å². The van der Waals surface area contributed by atoms with Gasteiger partial charge < -0.3 is 30.0 Å². The van der Waals surface area contributed by atoms with Crippen LogP contribution in [0.1, 0.15) is 65.0 Å². The summed E-state index contributed by atoms with van der Waals surface area (Å²) in [6.45, 7) is 4.05. The van der Waals surface area contributed by atoms with Gasteiger partial charge in [-0.05, 0) is 56.4 Å². The van der Waals surface area contributed by atoms with Crippen molar-refractivity contribution < 1.29 is 29.3 Å². The third-order valence-electron chi connectivity index (χ3n) is 8.13. The predicted octanol–water partition coefficient (Wildman–Crippen LogP) is 6.84. The lowest BCUT2D eigenvalue weighted by Gasteiger charge is -2.21. The number of halogens is 1. The van der Waals surface area contributed by atoms with E-state index in [-0.39, 0.29) is 18.8 Å². The summed E-state index contributed by atoms with van der Waals surface area (Å²) in [5.41, 5.74) is 9.19. The first-order valence-electron chi connectivity index (χ1n) is 15.5. The highest BCUT2D eigenvalue weighted by atomic mass is 35.5. The Kier molecular flexibility index (Phi) is 12.5. The molecule has 1 aliphatic rings. The number of carbonyl (C=O) groups is 2. The summed E-state index contributed by atoms with van der Waals surface area (Å²) in [6.07, 6.45) is 8.18. The molecule has 1 amide bonds. The minimum Gasteiger partial charge on any atom is -0.496 e. The molecule has 2 heterocycles. The van der Waals surface area contributed by atoms with E-state index in [9.17, 15) is 14.7 Å². The molecule has 248 valence electrons. The molecule has 1 aliphatic carbocycles. The number of methoxy groups -OCH3 is 2. The number of aromatic nitrogens is 2. The Morgan fingerprint density at radius 2 is 1.78 bits per heavy atom. The largest absolute Gasteiger partial charge is 0.496 e. The number of anilines is 1. The zero-order chi connectivity index (χ0) is 33.4. The van der Waals surface area contributed by atoms with Crippen molar-refractivity contribution in [2.45, 2.75) is 65.3 Å². The lowest BCUT2D eigenvalue weighted by atomic mass is 9.86. The molecule has 12 heteroatoms. The molecule has 1 fully saturated rings. The van der Waals surface area contributed by atoms with Crippen LogP contribution < -0.4 is 20.5 Å². The zero-order valence-corrected chi connectivity index (χ0v) is 28.4.